The van der Waals surface area contributed by atoms with Crippen molar-refractivity contribution in [3.8, 4) is 5.75 Å². The van der Waals surface area contributed by atoms with Gasteiger partial charge in [-0.05, 0) is 75.9 Å². The molecule has 41 heavy (non-hydrogen) atoms. The van der Waals surface area contributed by atoms with E-state index in [9.17, 15) is 14.4 Å². The Bertz CT molecular complexity index is 1260. The number of amides is 2. The van der Waals surface area contributed by atoms with Crippen LogP contribution in [0.1, 0.15) is 106 Å². The fourth-order valence-electron chi connectivity index (χ4n) is 4.11. The number of hydrogen-bond donors (Lipinski definition) is 1. The number of benzene rings is 2. The van der Waals surface area contributed by atoms with Crippen molar-refractivity contribution in [2.75, 3.05) is 10.4 Å². The molecule has 2 aromatic rings. The zero-order valence-electron chi connectivity index (χ0n) is 26.2. The second-order valence-electron chi connectivity index (χ2n) is 12.9. The van der Waals surface area contributed by atoms with Crippen molar-refractivity contribution in [2.45, 2.75) is 110 Å². The Morgan fingerprint density at radius 1 is 0.902 bits per heavy atom. The van der Waals surface area contributed by atoms with E-state index in [1.165, 1.54) is 10.6 Å². The summed E-state index contributed by atoms with van der Waals surface area (Å²) in [5.74, 6) is -0.805. The number of anilines is 2. The van der Waals surface area contributed by atoms with Crippen LogP contribution in [0.15, 0.2) is 42.5 Å². The number of carbonyl (C=O) groups is 3. The van der Waals surface area contributed by atoms with Gasteiger partial charge in [-0.3, -0.25) is 14.4 Å². The van der Waals surface area contributed by atoms with Gasteiger partial charge in [0.1, 0.15) is 0 Å². The van der Waals surface area contributed by atoms with Gasteiger partial charge in [-0.15, -0.1) is 5.06 Å². The average molecular weight is 650 g/mol. The zero-order chi connectivity index (χ0) is 31.4. The van der Waals surface area contributed by atoms with Crippen molar-refractivity contribution < 1.29 is 19.2 Å². The predicted molar refractivity (Wildman–Crippen MR) is 173 cm³/mol. The molecule has 226 valence electrons. The summed E-state index contributed by atoms with van der Waals surface area (Å²) in [6, 6.07) is 13.0. The van der Waals surface area contributed by atoms with Crippen LogP contribution in [-0.2, 0) is 25.2 Å². The normalized spacial score (nSPS) is 13.8. The Kier molecular flexibility index (Phi) is 11.3. The topological polar surface area (TPSA) is 75.7 Å². The van der Waals surface area contributed by atoms with Gasteiger partial charge < -0.3 is 10.2 Å². The average Bonchev–Trinajstić information content (AvgIpc) is 2.90. The second-order valence-corrected chi connectivity index (χ2v) is 15.1. The maximum Gasteiger partial charge on any atom is 0.264 e. The first-order chi connectivity index (χ1) is 18.8. The molecule has 0 aliphatic carbocycles. The maximum atomic E-state index is 13.4. The van der Waals surface area contributed by atoms with Gasteiger partial charge in [0.25, 0.3) is 11.8 Å². The Morgan fingerprint density at radius 2 is 1.51 bits per heavy atom. The molecule has 2 rings (SSSR count). The van der Waals surface area contributed by atoms with Crippen molar-refractivity contribution >= 4 is 56.5 Å². The third kappa shape index (κ3) is 8.35. The Labute approximate surface area is 259 Å². The van der Waals surface area contributed by atoms with Crippen molar-refractivity contribution in [1.29, 1.82) is 0 Å². The third-order valence-corrected chi connectivity index (χ3v) is 8.79. The van der Waals surface area contributed by atoms with Gasteiger partial charge in [-0.25, -0.2) is 0 Å². The molecule has 1 unspecified atom stereocenters. The molecule has 0 spiro atoms. The number of alkyl halides is 2. The van der Waals surface area contributed by atoms with Crippen LogP contribution in [0.2, 0.25) is 0 Å². The number of hydroxylamine groups is 1. The third-order valence-electron chi connectivity index (χ3n) is 7.73. The summed E-state index contributed by atoms with van der Waals surface area (Å²) in [5.41, 5.74) is 1.98. The molecule has 0 aromatic heterocycles. The summed E-state index contributed by atoms with van der Waals surface area (Å²) < 4.78 is -1.94. The van der Waals surface area contributed by atoms with E-state index >= 15 is 0 Å². The SMILES string of the molecule is CCCC(=O)N(Oc1ccc(C(C)(C)CC)cc1C(C)(C)CC)c1cccc(NC(=O)C(Cl)(Br)C(=O)C(C)(C)C)c1. The molecule has 0 fully saturated rings. The molecular weight excluding hydrogens is 604 g/mol. The molecule has 0 bridgehead atoms. The molecule has 8 heteroatoms. The number of nitrogens with one attached hydrogen (secondary N) is 1. The fourth-order valence-corrected chi connectivity index (χ4v) is 5.13. The lowest BCUT2D eigenvalue weighted by atomic mass is 9.76. The Balaban J connectivity index is 2.54. The van der Waals surface area contributed by atoms with Crippen molar-refractivity contribution in [3.05, 3.63) is 53.6 Å². The van der Waals surface area contributed by atoms with E-state index in [1.807, 2.05) is 13.0 Å². The van der Waals surface area contributed by atoms with Crippen LogP contribution in [-0.4, -0.2) is 21.4 Å². The van der Waals surface area contributed by atoms with Gasteiger partial charge in [0.05, 0.1) is 5.69 Å². The summed E-state index contributed by atoms with van der Waals surface area (Å²) in [5, 5.41) is 4.00. The molecule has 1 N–H and O–H groups in total. The second kappa shape index (κ2) is 13.3. The lowest BCUT2D eigenvalue weighted by Crippen LogP contribution is -2.45. The molecule has 2 aromatic carbocycles. The molecular formula is C33H46BrClN2O4. The molecule has 1 atom stereocenters. The smallest absolute Gasteiger partial charge is 0.264 e. The highest BCUT2D eigenvalue weighted by atomic mass is 79.9. The van der Waals surface area contributed by atoms with E-state index in [0.29, 0.717) is 23.5 Å². The number of carbonyl (C=O) groups excluding carboxylic acids is 3. The highest BCUT2D eigenvalue weighted by Crippen LogP contribution is 2.40. The largest absolute Gasteiger partial charge is 0.372 e. The van der Waals surface area contributed by atoms with E-state index in [0.717, 1.165) is 18.4 Å². The van der Waals surface area contributed by atoms with E-state index in [4.69, 9.17) is 16.4 Å². The quantitative estimate of drug-likeness (QED) is 0.141. The number of Topliss-reactive ketones (excluding diaryl/α,β-unsaturated/α-hetero) is 1. The van der Waals surface area contributed by atoms with Crippen LogP contribution in [0.5, 0.6) is 5.75 Å². The summed E-state index contributed by atoms with van der Waals surface area (Å²) in [4.78, 5) is 45.6. The first-order valence-electron chi connectivity index (χ1n) is 14.3. The van der Waals surface area contributed by atoms with Gasteiger partial charge in [0.2, 0.25) is 3.78 Å². The van der Waals surface area contributed by atoms with E-state index < -0.39 is 20.9 Å². The fraction of sp³-hybridized carbons (Fsp3) is 0.545. The van der Waals surface area contributed by atoms with Crippen LogP contribution in [0.3, 0.4) is 0 Å². The van der Waals surface area contributed by atoms with Crippen molar-refractivity contribution in [1.82, 2.24) is 0 Å². The highest BCUT2D eigenvalue weighted by molar-refractivity contribution is 9.11. The van der Waals surface area contributed by atoms with Crippen LogP contribution in [0.25, 0.3) is 0 Å². The standard InChI is InChI=1S/C33H46BrClN2O4/c1-11-15-27(38)37(41-26-19-18-22(31(7,8)12-2)20-25(26)32(9,10)13-3)24-17-14-16-23(21-24)36-29(40)33(34,35)28(39)30(4,5)6/h14,16-21H,11-13,15H2,1-10H3,(H,36,40). The van der Waals surface area contributed by atoms with Crippen LogP contribution in [0.4, 0.5) is 11.4 Å². The minimum atomic E-state index is -1.94. The molecule has 0 aliphatic rings. The molecule has 6 nitrogen and oxygen atoms in total. The number of halogens is 2. The first-order valence-corrected chi connectivity index (χ1v) is 15.5. The summed E-state index contributed by atoms with van der Waals surface area (Å²) >= 11 is 9.48. The molecule has 2 amide bonds. The Hall–Kier alpha value is -2.38. The van der Waals surface area contributed by atoms with Gasteiger partial charge in [-0.2, -0.15) is 0 Å². The monoisotopic (exact) mass is 648 g/mol. The number of hydrogen-bond acceptors (Lipinski definition) is 4. The molecule has 0 saturated carbocycles. The van der Waals surface area contributed by atoms with E-state index in [2.05, 4.69) is 74.9 Å². The lowest BCUT2D eigenvalue weighted by Gasteiger charge is -2.32. The van der Waals surface area contributed by atoms with Crippen LogP contribution < -0.4 is 15.2 Å². The molecule has 0 heterocycles. The minimum Gasteiger partial charge on any atom is -0.372 e. The van der Waals surface area contributed by atoms with Gasteiger partial charge >= 0.3 is 0 Å². The van der Waals surface area contributed by atoms with Crippen molar-refractivity contribution in [3.63, 3.8) is 0 Å². The summed E-state index contributed by atoms with van der Waals surface area (Å²) in [7, 11) is 0. The predicted octanol–water partition coefficient (Wildman–Crippen LogP) is 9.07. The van der Waals surface area contributed by atoms with Gasteiger partial charge in [0, 0.05) is 23.1 Å². The van der Waals surface area contributed by atoms with E-state index in [1.54, 1.807) is 45.0 Å². The van der Waals surface area contributed by atoms with E-state index in [-0.39, 0.29) is 23.2 Å². The summed E-state index contributed by atoms with van der Waals surface area (Å²) in [6.07, 6.45) is 2.78. The summed E-state index contributed by atoms with van der Waals surface area (Å²) in [6.45, 7) is 20.1. The highest BCUT2D eigenvalue weighted by Gasteiger charge is 2.46. The minimum absolute atomic E-state index is 0.0111. The lowest BCUT2D eigenvalue weighted by molar-refractivity contribution is -0.131. The molecule has 0 aliphatic heterocycles. The number of nitrogens with zero attached hydrogens (tertiary/aromatic N) is 1. The van der Waals surface area contributed by atoms with Crippen molar-refractivity contribution in [2.24, 2.45) is 5.41 Å². The molecule has 0 radical (unpaired) electrons. The van der Waals surface area contributed by atoms with Crippen LogP contribution in [0, 0.1) is 5.41 Å². The zero-order valence-corrected chi connectivity index (χ0v) is 28.5. The van der Waals surface area contributed by atoms with Gasteiger partial charge in [0.15, 0.2) is 11.5 Å². The molecule has 0 saturated heterocycles. The number of rotatable bonds is 12. The first kappa shape index (κ1) is 34.8. The number of ketones is 1. The Morgan fingerprint density at radius 3 is 2.05 bits per heavy atom. The van der Waals surface area contributed by atoms with Gasteiger partial charge in [-0.1, -0.05) is 99.0 Å². The van der Waals surface area contributed by atoms with Crippen LogP contribution >= 0.6 is 27.5 Å². The maximum absolute atomic E-state index is 13.4.